The second kappa shape index (κ2) is 10.3. The number of imide groups is 2. The third-order valence-electron chi connectivity index (χ3n) is 5.78. The normalized spacial score (nSPS) is 14.8. The first kappa shape index (κ1) is 25.1. The van der Waals surface area contributed by atoms with Crippen LogP contribution in [0.2, 0.25) is 0 Å². The van der Waals surface area contributed by atoms with Gasteiger partial charge in [-0.05, 0) is 88.4 Å². The second-order valence-electron chi connectivity index (χ2n) is 8.13. The molecule has 1 N–H and O–H groups in total. The van der Waals surface area contributed by atoms with Gasteiger partial charge in [-0.25, -0.2) is 14.1 Å². The van der Waals surface area contributed by atoms with Gasteiger partial charge in [0.15, 0.2) is 11.5 Å². The highest BCUT2D eigenvalue weighted by Gasteiger charge is 2.37. The van der Waals surface area contributed by atoms with Crippen molar-refractivity contribution < 1.29 is 28.2 Å². The van der Waals surface area contributed by atoms with Crippen molar-refractivity contribution in [3.8, 4) is 11.5 Å². The van der Waals surface area contributed by atoms with Gasteiger partial charge in [0.2, 0.25) is 0 Å². The minimum Gasteiger partial charge on any atom is -0.493 e. The molecule has 3 aromatic carbocycles. The maximum absolute atomic E-state index is 13.3. The Bertz CT molecular complexity index is 1400. The zero-order valence-corrected chi connectivity index (χ0v) is 21.3. The Morgan fingerprint density at radius 3 is 2.47 bits per heavy atom. The lowest BCUT2D eigenvalue weighted by Crippen LogP contribution is -2.54. The molecular formula is C27H22BrFN2O5. The van der Waals surface area contributed by atoms with Crippen LogP contribution >= 0.6 is 15.9 Å². The third kappa shape index (κ3) is 5.01. The molecule has 0 bridgehead atoms. The summed E-state index contributed by atoms with van der Waals surface area (Å²) in [5.41, 5.74) is 3.09. The summed E-state index contributed by atoms with van der Waals surface area (Å²) in [6.45, 7) is 3.84. The van der Waals surface area contributed by atoms with Crippen LogP contribution in [0.5, 0.6) is 11.5 Å². The Labute approximate surface area is 215 Å². The minimum absolute atomic E-state index is 0.170. The van der Waals surface area contributed by atoms with Gasteiger partial charge >= 0.3 is 6.03 Å². The highest BCUT2D eigenvalue weighted by molar-refractivity contribution is 9.10. The monoisotopic (exact) mass is 552 g/mol. The summed E-state index contributed by atoms with van der Waals surface area (Å²) in [4.78, 5) is 39.4. The van der Waals surface area contributed by atoms with Crippen molar-refractivity contribution in [2.45, 2.75) is 20.5 Å². The number of nitrogens with one attached hydrogen (secondary N) is 1. The Balaban J connectivity index is 1.66. The quantitative estimate of drug-likeness (QED) is 0.324. The van der Waals surface area contributed by atoms with Crippen molar-refractivity contribution in [1.82, 2.24) is 5.32 Å². The van der Waals surface area contributed by atoms with Crippen LogP contribution < -0.4 is 19.7 Å². The van der Waals surface area contributed by atoms with E-state index in [1.165, 1.54) is 25.3 Å². The highest BCUT2D eigenvalue weighted by atomic mass is 79.9. The van der Waals surface area contributed by atoms with E-state index in [1.807, 2.05) is 13.0 Å². The van der Waals surface area contributed by atoms with Gasteiger partial charge in [-0.2, -0.15) is 0 Å². The zero-order valence-electron chi connectivity index (χ0n) is 19.7. The number of rotatable bonds is 6. The summed E-state index contributed by atoms with van der Waals surface area (Å²) in [6.07, 6.45) is 1.39. The molecule has 184 valence electrons. The molecule has 9 heteroatoms. The van der Waals surface area contributed by atoms with Crippen LogP contribution in [-0.4, -0.2) is 25.0 Å². The summed E-state index contributed by atoms with van der Waals surface area (Å²) >= 11 is 3.45. The standard InChI is InChI=1S/C27H22BrFN2O5/c1-15-5-4-6-22(16(15)2)31-26(33)20(25(32)30-27(31)34)11-18-12-21(28)24(23(13-18)35-3)36-14-17-7-9-19(29)10-8-17/h4-13H,14H2,1-3H3,(H,30,32,34)/b20-11+. The maximum atomic E-state index is 13.3. The largest absolute Gasteiger partial charge is 0.493 e. The Hall–Kier alpha value is -3.98. The molecule has 0 aliphatic carbocycles. The summed E-state index contributed by atoms with van der Waals surface area (Å²) in [6, 6.07) is 13.7. The number of methoxy groups -OCH3 is 1. The Kier molecular flexibility index (Phi) is 7.21. The van der Waals surface area contributed by atoms with Gasteiger partial charge in [0, 0.05) is 0 Å². The predicted molar refractivity (Wildman–Crippen MR) is 136 cm³/mol. The molecule has 1 saturated heterocycles. The van der Waals surface area contributed by atoms with Crippen molar-refractivity contribution >= 4 is 45.5 Å². The molecule has 0 unspecified atom stereocenters. The number of aryl methyl sites for hydroxylation is 1. The van der Waals surface area contributed by atoms with Crippen molar-refractivity contribution in [2.75, 3.05) is 12.0 Å². The fourth-order valence-corrected chi connectivity index (χ4v) is 4.29. The van der Waals surface area contributed by atoms with Crippen LogP contribution in [0.4, 0.5) is 14.9 Å². The van der Waals surface area contributed by atoms with Crippen molar-refractivity contribution in [3.63, 3.8) is 0 Å². The number of carbonyl (C=O) groups is 3. The van der Waals surface area contributed by atoms with E-state index in [1.54, 1.807) is 43.3 Å². The number of barbiturate groups is 1. The first-order valence-electron chi connectivity index (χ1n) is 10.9. The number of nitrogens with zero attached hydrogens (tertiary/aromatic N) is 1. The topological polar surface area (TPSA) is 84.9 Å². The number of carbonyl (C=O) groups excluding carboxylic acids is 3. The van der Waals surface area contributed by atoms with Crippen molar-refractivity contribution in [2.24, 2.45) is 0 Å². The lowest BCUT2D eigenvalue weighted by molar-refractivity contribution is -0.122. The van der Waals surface area contributed by atoms with Crippen LogP contribution in [0.25, 0.3) is 6.08 Å². The molecule has 4 rings (SSSR count). The number of ether oxygens (including phenoxy) is 2. The van der Waals surface area contributed by atoms with E-state index in [-0.39, 0.29) is 18.0 Å². The van der Waals surface area contributed by atoms with E-state index in [0.717, 1.165) is 21.6 Å². The molecule has 4 amide bonds. The second-order valence-corrected chi connectivity index (χ2v) is 8.98. The molecule has 1 fully saturated rings. The molecule has 0 radical (unpaired) electrons. The summed E-state index contributed by atoms with van der Waals surface area (Å²) in [7, 11) is 1.46. The Morgan fingerprint density at radius 2 is 1.78 bits per heavy atom. The van der Waals surface area contributed by atoms with E-state index < -0.39 is 17.8 Å². The van der Waals surface area contributed by atoms with Crippen LogP contribution in [-0.2, 0) is 16.2 Å². The van der Waals surface area contributed by atoms with Gasteiger partial charge in [0.05, 0.1) is 17.3 Å². The van der Waals surface area contributed by atoms with Gasteiger partial charge in [-0.15, -0.1) is 0 Å². The number of anilines is 1. The molecule has 1 heterocycles. The third-order valence-corrected chi connectivity index (χ3v) is 6.37. The molecule has 0 saturated carbocycles. The van der Waals surface area contributed by atoms with Gasteiger partial charge in [-0.1, -0.05) is 24.3 Å². The minimum atomic E-state index is -0.806. The number of hydrogen-bond acceptors (Lipinski definition) is 5. The van der Waals surface area contributed by atoms with Crippen LogP contribution in [0.15, 0.2) is 64.6 Å². The van der Waals surface area contributed by atoms with Crippen LogP contribution in [0.1, 0.15) is 22.3 Å². The van der Waals surface area contributed by atoms with E-state index in [2.05, 4.69) is 21.2 Å². The highest BCUT2D eigenvalue weighted by Crippen LogP contribution is 2.38. The fourth-order valence-electron chi connectivity index (χ4n) is 3.72. The number of urea groups is 1. The number of amides is 4. The van der Waals surface area contributed by atoms with E-state index in [4.69, 9.17) is 9.47 Å². The van der Waals surface area contributed by atoms with Crippen molar-refractivity contribution in [1.29, 1.82) is 0 Å². The first-order valence-corrected chi connectivity index (χ1v) is 11.7. The molecule has 0 spiro atoms. The molecule has 1 aliphatic rings. The van der Waals surface area contributed by atoms with E-state index in [0.29, 0.717) is 27.2 Å². The molecule has 3 aromatic rings. The SMILES string of the molecule is COc1cc(/C=C2\C(=O)NC(=O)N(c3cccc(C)c3C)C2=O)cc(Br)c1OCc1ccc(F)cc1. The number of benzene rings is 3. The summed E-state index contributed by atoms with van der Waals surface area (Å²) in [5.74, 6) is -1.11. The fraction of sp³-hybridized carbons (Fsp3) is 0.148. The molecule has 0 atom stereocenters. The smallest absolute Gasteiger partial charge is 0.335 e. The van der Waals surface area contributed by atoms with Gasteiger partial charge in [-0.3, -0.25) is 14.9 Å². The van der Waals surface area contributed by atoms with Crippen LogP contribution in [0.3, 0.4) is 0 Å². The molecule has 7 nitrogen and oxygen atoms in total. The lowest BCUT2D eigenvalue weighted by atomic mass is 10.0. The summed E-state index contributed by atoms with van der Waals surface area (Å²) < 4.78 is 25.0. The first-order chi connectivity index (χ1) is 17.2. The van der Waals surface area contributed by atoms with Gasteiger partial charge < -0.3 is 9.47 Å². The van der Waals surface area contributed by atoms with E-state index >= 15 is 0 Å². The molecular weight excluding hydrogens is 531 g/mol. The summed E-state index contributed by atoms with van der Waals surface area (Å²) in [5, 5.41) is 2.24. The van der Waals surface area contributed by atoms with Gasteiger partial charge in [0.1, 0.15) is 18.0 Å². The van der Waals surface area contributed by atoms with Crippen molar-refractivity contribution in [3.05, 3.63) is 92.7 Å². The van der Waals surface area contributed by atoms with Crippen LogP contribution in [0, 0.1) is 19.7 Å². The van der Waals surface area contributed by atoms with Gasteiger partial charge in [0.25, 0.3) is 11.8 Å². The molecule has 1 aliphatic heterocycles. The lowest BCUT2D eigenvalue weighted by Gasteiger charge is -2.28. The maximum Gasteiger partial charge on any atom is 0.335 e. The Morgan fingerprint density at radius 1 is 1.06 bits per heavy atom. The average molecular weight is 553 g/mol. The predicted octanol–water partition coefficient (Wildman–Crippen LogP) is 5.46. The number of halogens is 2. The zero-order chi connectivity index (χ0) is 26.0. The molecule has 0 aromatic heterocycles. The van der Waals surface area contributed by atoms with E-state index in [9.17, 15) is 18.8 Å². The molecule has 36 heavy (non-hydrogen) atoms. The number of hydrogen-bond donors (Lipinski definition) is 1. The average Bonchev–Trinajstić information content (AvgIpc) is 2.84.